The molecule has 0 spiro atoms. The number of alkyl halides is 6. The van der Waals surface area contributed by atoms with Crippen molar-refractivity contribution in [3.05, 3.63) is 41.9 Å². The first kappa shape index (κ1) is 30.0. The normalized spacial score (nSPS) is 14.0. The molecule has 2 N–H and O–H groups in total. The molecule has 0 radical (unpaired) electrons. The average molecular weight is 516 g/mol. The van der Waals surface area contributed by atoms with Crippen molar-refractivity contribution in [1.29, 1.82) is 0 Å². The van der Waals surface area contributed by atoms with Crippen molar-refractivity contribution < 1.29 is 50.6 Å². The van der Waals surface area contributed by atoms with Gasteiger partial charge in [0.05, 0.1) is 24.8 Å². The minimum Gasteiger partial charge on any atom is -0.475 e. The van der Waals surface area contributed by atoms with E-state index >= 15 is 0 Å². The second-order valence-electron chi connectivity index (χ2n) is 7.77. The maximum absolute atomic E-state index is 10.6. The monoisotopic (exact) mass is 516 g/mol. The number of carboxylic acid groups (broad SMARTS) is 2. The highest BCUT2D eigenvalue weighted by Crippen LogP contribution is 2.18. The molecule has 0 atom stereocenters. The number of fused-ring (bicyclic) bond motifs is 1. The zero-order valence-electron chi connectivity index (χ0n) is 19.1. The lowest BCUT2D eigenvalue weighted by atomic mass is 10.2. The van der Waals surface area contributed by atoms with Crippen LogP contribution in [0, 0.1) is 0 Å². The van der Waals surface area contributed by atoms with E-state index in [-0.39, 0.29) is 0 Å². The van der Waals surface area contributed by atoms with Gasteiger partial charge >= 0.3 is 24.3 Å². The molecule has 0 amide bonds. The van der Waals surface area contributed by atoms with Crippen LogP contribution in [-0.4, -0.2) is 73.5 Å². The van der Waals surface area contributed by atoms with E-state index in [0.717, 1.165) is 32.7 Å². The van der Waals surface area contributed by atoms with Crippen LogP contribution in [0.2, 0.25) is 0 Å². The maximum atomic E-state index is 10.6. The molecule has 1 aliphatic heterocycles. The summed E-state index contributed by atoms with van der Waals surface area (Å²) < 4.78 is 71.0. The first-order chi connectivity index (χ1) is 16.0. The Balaban J connectivity index is 0.000000362. The van der Waals surface area contributed by atoms with Crippen LogP contribution in [0.5, 0.6) is 0 Å². The third-order valence-electron chi connectivity index (χ3n) is 4.79. The van der Waals surface area contributed by atoms with Crippen LogP contribution in [0.1, 0.15) is 30.9 Å². The van der Waals surface area contributed by atoms with E-state index in [4.69, 9.17) is 24.2 Å². The Morgan fingerprint density at radius 2 is 1.66 bits per heavy atom. The lowest BCUT2D eigenvalue weighted by Gasteiger charge is -2.29. The van der Waals surface area contributed by atoms with Gasteiger partial charge in [0, 0.05) is 44.0 Å². The van der Waals surface area contributed by atoms with Gasteiger partial charge in [-0.15, -0.1) is 0 Å². The van der Waals surface area contributed by atoms with Crippen molar-refractivity contribution in [2.24, 2.45) is 0 Å². The summed E-state index contributed by atoms with van der Waals surface area (Å²) in [4.78, 5) is 27.2. The molecule has 0 saturated carbocycles. The number of aromatic nitrogens is 2. The first-order valence-electron chi connectivity index (χ1n) is 10.1. The van der Waals surface area contributed by atoms with Crippen LogP contribution in [0.25, 0.3) is 0 Å². The number of carboxylic acids is 2. The van der Waals surface area contributed by atoms with Crippen LogP contribution in [0.15, 0.2) is 29.2 Å². The fourth-order valence-corrected chi connectivity index (χ4v) is 2.71. The van der Waals surface area contributed by atoms with Gasteiger partial charge in [-0.2, -0.15) is 26.3 Å². The van der Waals surface area contributed by atoms with Crippen LogP contribution >= 0.6 is 0 Å². The summed E-state index contributed by atoms with van der Waals surface area (Å²) in [7, 11) is 2.17. The number of nitrogens with zero attached hydrogens (tertiary/aromatic N) is 4. The average Bonchev–Trinajstić information content (AvgIpc) is 3.37. The molecule has 0 aromatic carbocycles. The summed E-state index contributed by atoms with van der Waals surface area (Å²) >= 11 is 0. The van der Waals surface area contributed by atoms with Gasteiger partial charge in [-0.25, -0.2) is 14.6 Å². The van der Waals surface area contributed by atoms with Crippen molar-refractivity contribution in [2.75, 3.05) is 13.6 Å². The second-order valence-corrected chi connectivity index (χ2v) is 7.77. The fraction of sp³-hybridized carbons (Fsp3) is 0.550. The second kappa shape index (κ2) is 12.6. The molecule has 3 heterocycles. The minimum atomic E-state index is -5.08. The van der Waals surface area contributed by atoms with Crippen molar-refractivity contribution in [3.8, 4) is 0 Å². The number of rotatable bonds is 5. The van der Waals surface area contributed by atoms with Crippen molar-refractivity contribution in [3.63, 3.8) is 0 Å². The predicted octanol–water partition coefficient (Wildman–Crippen LogP) is 3.60. The Morgan fingerprint density at radius 3 is 2.09 bits per heavy atom. The number of carbonyl (C=O) groups is 2. The van der Waals surface area contributed by atoms with E-state index < -0.39 is 24.3 Å². The van der Waals surface area contributed by atoms with E-state index in [0.29, 0.717) is 6.04 Å². The van der Waals surface area contributed by atoms with Crippen molar-refractivity contribution in [2.45, 2.75) is 58.4 Å². The van der Waals surface area contributed by atoms with Gasteiger partial charge in [0.1, 0.15) is 5.82 Å². The molecule has 35 heavy (non-hydrogen) atoms. The van der Waals surface area contributed by atoms with E-state index in [1.165, 1.54) is 17.1 Å². The molecule has 3 rings (SSSR count). The smallest absolute Gasteiger partial charge is 0.475 e. The minimum absolute atomic E-state index is 0.553. The topological polar surface area (TPSA) is 112 Å². The third-order valence-corrected chi connectivity index (χ3v) is 4.79. The standard InChI is InChI=1S/C16H24N4O.2C2HF3O2/c1-13(2)18(3)10-15-8-17-16-11-19(5-6-20(15)16)9-14-4-7-21-12-14;2*3-2(4,5)1(6)7/h4,7-8,12-13H,5-6,9-11H2,1-3H3;2*(H,6,7). The predicted molar refractivity (Wildman–Crippen MR) is 109 cm³/mol. The quantitative estimate of drug-likeness (QED) is 0.580. The summed E-state index contributed by atoms with van der Waals surface area (Å²) in [6.07, 6.45) is -4.57. The van der Waals surface area contributed by atoms with Gasteiger partial charge in [0.25, 0.3) is 0 Å². The number of hydrogen-bond acceptors (Lipinski definition) is 6. The van der Waals surface area contributed by atoms with E-state index in [2.05, 4.69) is 40.2 Å². The Morgan fingerprint density at radius 1 is 1.11 bits per heavy atom. The molecule has 0 aliphatic carbocycles. The van der Waals surface area contributed by atoms with Gasteiger partial charge in [-0.1, -0.05) is 0 Å². The lowest BCUT2D eigenvalue weighted by molar-refractivity contribution is -0.193. The van der Waals surface area contributed by atoms with Crippen molar-refractivity contribution in [1.82, 2.24) is 19.4 Å². The summed E-state index contributed by atoms with van der Waals surface area (Å²) in [6.45, 7) is 9.34. The third kappa shape index (κ3) is 10.4. The number of furan rings is 1. The largest absolute Gasteiger partial charge is 0.490 e. The highest BCUT2D eigenvalue weighted by Gasteiger charge is 2.38. The van der Waals surface area contributed by atoms with Gasteiger partial charge < -0.3 is 19.2 Å². The highest BCUT2D eigenvalue weighted by atomic mass is 19.4. The van der Waals surface area contributed by atoms with Crippen LogP contribution < -0.4 is 0 Å². The molecular weight excluding hydrogens is 490 g/mol. The number of hydrogen-bond donors (Lipinski definition) is 2. The van der Waals surface area contributed by atoms with Gasteiger partial charge in [-0.3, -0.25) is 9.80 Å². The molecule has 15 heteroatoms. The first-order valence-corrected chi connectivity index (χ1v) is 10.1. The zero-order valence-corrected chi connectivity index (χ0v) is 19.1. The van der Waals surface area contributed by atoms with Gasteiger partial charge in [0.2, 0.25) is 0 Å². The zero-order chi connectivity index (χ0) is 27.0. The van der Waals surface area contributed by atoms with Crippen molar-refractivity contribution >= 4 is 11.9 Å². The molecule has 2 aromatic rings. The molecule has 2 aromatic heterocycles. The van der Waals surface area contributed by atoms with Crippen LogP contribution in [-0.2, 0) is 35.8 Å². The van der Waals surface area contributed by atoms with E-state index in [1.54, 1.807) is 6.26 Å². The number of halogens is 6. The highest BCUT2D eigenvalue weighted by molar-refractivity contribution is 5.73. The molecule has 1 aliphatic rings. The number of imidazole rings is 1. The van der Waals surface area contributed by atoms with E-state index in [9.17, 15) is 26.3 Å². The Hall–Kier alpha value is -3.07. The molecule has 0 unspecified atom stereocenters. The van der Waals surface area contributed by atoms with E-state index in [1.807, 2.05) is 18.5 Å². The fourth-order valence-electron chi connectivity index (χ4n) is 2.71. The summed E-state index contributed by atoms with van der Waals surface area (Å²) in [5.74, 6) is -4.34. The summed E-state index contributed by atoms with van der Waals surface area (Å²) in [5, 5.41) is 14.2. The van der Waals surface area contributed by atoms with Gasteiger partial charge in [-0.05, 0) is 27.0 Å². The lowest BCUT2D eigenvalue weighted by Crippen LogP contribution is -2.35. The summed E-state index contributed by atoms with van der Waals surface area (Å²) in [5.41, 5.74) is 2.55. The van der Waals surface area contributed by atoms with Crippen LogP contribution in [0.3, 0.4) is 0 Å². The molecule has 198 valence electrons. The summed E-state index contributed by atoms with van der Waals surface area (Å²) in [6, 6.07) is 2.58. The molecule has 0 saturated heterocycles. The Kier molecular flexibility index (Phi) is 10.8. The van der Waals surface area contributed by atoms with Gasteiger partial charge in [0.15, 0.2) is 0 Å². The molecule has 0 bridgehead atoms. The van der Waals surface area contributed by atoms with Crippen LogP contribution in [0.4, 0.5) is 26.3 Å². The molecular formula is C20H26F6N4O5. The molecule has 9 nitrogen and oxygen atoms in total. The maximum Gasteiger partial charge on any atom is 0.490 e. The molecule has 0 fully saturated rings. The SMILES string of the molecule is CC(C)N(C)Cc1cnc2n1CCN(Cc1ccoc1)C2.O=C(O)C(F)(F)F.O=C(O)C(F)(F)F. The number of aliphatic carboxylic acids is 2. The Labute approximate surface area is 196 Å². The Bertz CT molecular complexity index is 917.